The van der Waals surface area contributed by atoms with Gasteiger partial charge in [-0.15, -0.1) is 0 Å². The first kappa shape index (κ1) is 10.8. The fourth-order valence-electron chi connectivity index (χ4n) is 1.34. The minimum atomic E-state index is -0.756. The van der Waals surface area contributed by atoms with Crippen LogP contribution in [0.15, 0.2) is 23.0 Å². The van der Waals surface area contributed by atoms with Crippen molar-refractivity contribution < 1.29 is 14.3 Å². The zero-order chi connectivity index (χ0) is 10.8. The summed E-state index contributed by atoms with van der Waals surface area (Å²) in [6, 6.07) is 1.81. The highest BCUT2D eigenvalue weighted by Gasteiger charge is 2.36. The van der Waals surface area contributed by atoms with E-state index in [4.69, 9.17) is 4.42 Å². The van der Waals surface area contributed by atoms with Gasteiger partial charge in [0.15, 0.2) is 0 Å². The molecular formula is C11H16O3. The van der Waals surface area contributed by atoms with E-state index in [0.717, 1.165) is 5.56 Å². The van der Waals surface area contributed by atoms with Gasteiger partial charge in [-0.05, 0) is 30.9 Å². The van der Waals surface area contributed by atoms with Crippen molar-refractivity contribution in [1.29, 1.82) is 0 Å². The Morgan fingerprint density at radius 3 is 2.64 bits per heavy atom. The lowest BCUT2D eigenvalue weighted by molar-refractivity contribution is -0.150. The Bertz CT molecular complexity index is 300. The second kappa shape index (κ2) is 3.86. The Labute approximate surface area is 83.7 Å². The van der Waals surface area contributed by atoms with Gasteiger partial charge in [0.05, 0.1) is 17.9 Å². The van der Waals surface area contributed by atoms with Crippen LogP contribution in [0.25, 0.3) is 0 Å². The van der Waals surface area contributed by atoms with Crippen LogP contribution in [-0.2, 0) is 11.2 Å². The fraction of sp³-hybridized carbons (Fsp3) is 0.545. The van der Waals surface area contributed by atoms with Crippen LogP contribution in [0.2, 0.25) is 0 Å². The van der Waals surface area contributed by atoms with E-state index in [2.05, 4.69) is 0 Å². The summed E-state index contributed by atoms with van der Waals surface area (Å²) in [5.41, 5.74) is 0.216. The van der Waals surface area contributed by atoms with Gasteiger partial charge in [-0.25, -0.2) is 0 Å². The van der Waals surface area contributed by atoms with Gasteiger partial charge in [-0.1, -0.05) is 13.8 Å². The SMILES string of the molecule is CC(C)C(C)(Cc1ccoc1)C(=O)O. The van der Waals surface area contributed by atoms with Gasteiger partial charge in [-0.2, -0.15) is 0 Å². The standard InChI is InChI=1S/C11H16O3/c1-8(2)11(3,10(12)13)6-9-4-5-14-7-9/h4-5,7-8H,6H2,1-3H3,(H,12,13). The Morgan fingerprint density at radius 1 is 1.64 bits per heavy atom. The molecular weight excluding hydrogens is 180 g/mol. The molecule has 0 amide bonds. The molecule has 1 heterocycles. The first-order valence-corrected chi connectivity index (χ1v) is 4.71. The number of aliphatic carboxylic acids is 1. The summed E-state index contributed by atoms with van der Waals surface area (Å²) in [5, 5.41) is 9.17. The maximum absolute atomic E-state index is 11.2. The van der Waals surface area contributed by atoms with Crippen LogP contribution in [0.4, 0.5) is 0 Å². The molecule has 1 aromatic heterocycles. The summed E-state index contributed by atoms with van der Waals surface area (Å²) in [4.78, 5) is 11.2. The maximum Gasteiger partial charge on any atom is 0.309 e. The van der Waals surface area contributed by atoms with Crippen LogP contribution in [0, 0.1) is 11.3 Å². The van der Waals surface area contributed by atoms with Crippen LogP contribution < -0.4 is 0 Å². The number of hydrogen-bond donors (Lipinski definition) is 1. The molecule has 1 N–H and O–H groups in total. The number of carboxylic acids is 1. The van der Waals surface area contributed by atoms with Gasteiger partial charge in [-0.3, -0.25) is 4.79 Å². The zero-order valence-corrected chi connectivity index (χ0v) is 8.78. The first-order chi connectivity index (χ1) is 6.47. The molecule has 1 rings (SSSR count). The van der Waals surface area contributed by atoms with E-state index >= 15 is 0 Å². The summed E-state index contributed by atoms with van der Waals surface area (Å²) in [6.45, 7) is 5.62. The lowest BCUT2D eigenvalue weighted by atomic mass is 9.75. The molecule has 0 aliphatic rings. The summed E-state index contributed by atoms with van der Waals surface area (Å²) in [5.74, 6) is -0.663. The number of furan rings is 1. The molecule has 0 aliphatic heterocycles. The van der Waals surface area contributed by atoms with Gasteiger partial charge >= 0.3 is 5.97 Å². The maximum atomic E-state index is 11.2. The molecule has 3 heteroatoms. The highest BCUT2D eigenvalue weighted by Crippen LogP contribution is 2.31. The molecule has 14 heavy (non-hydrogen) atoms. The average molecular weight is 196 g/mol. The number of carbonyl (C=O) groups is 1. The van der Waals surface area contributed by atoms with Gasteiger partial charge in [0.1, 0.15) is 0 Å². The third kappa shape index (κ3) is 1.97. The van der Waals surface area contributed by atoms with Crippen LogP contribution in [-0.4, -0.2) is 11.1 Å². The number of rotatable bonds is 4. The zero-order valence-electron chi connectivity index (χ0n) is 8.78. The Kier molecular flexibility index (Phi) is 2.99. The normalized spacial score (nSPS) is 15.4. The van der Waals surface area contributed by atoms with Crippen molar-refractivity contribution in [3.63, 3.8) is 0 Å². The summed E-state index contributed by atoms with van der Waals surface area (Å²) >= 11 is 0. The quantitative estimate of drug-likeness (QED) is 0.805. The largest absolute Gasteiger partial charge is 0.481 e. The van der Waals surface area contributed by atoms with E-state index in [1.807, 2.05) is 19.9 Å². The fourth-order valence-corrected chi connectivity index (χ4v) is 1.34. The predicted molar refractivity (Wildman–Crippen MR) is 53.0 cm³/mol. The molecule has 1 unspecified atom stereocenters. The molecule has 0 saturated heterocycles. The minimum Gasteiger partial charge on any atom is -0.481 e. The van der Waals surface area contributed by atoms with Crippen LogP contribution in [0.1, 0.15) is 26.3 Å². The predicted octanol–water partition coefficient (Wildman–Crippen LogP) is 2.57. The molecule has 0 radical (unpaired) electrons. The third-order valence-corrected chi connectivity index (χ3v) is 2.91. The highest BCUT2D eigenvalue weighted by atomic mass is 16.4. The average Bonchev–Trinajstić information content (AvgIpc) is 2.55. The first-order valence-electron chi connectivity index (χ1n) is 4.71. The van der Waals surface area contributed by atoms with Gasteiger partial charge in [0.2, 0.25) is 0 Å². The second-order valence-electron chi connectivity index (χ2n) is 4.19. The van der Waals surface area contributed by atoms with Crippen molar-refractivity contribution >= 4 is 5.97 Å². The van der Waals surface area contributed by atoms with Crippen molar-refractivity contribution in [3.05, 3.63) is 24.2 Å². The lowest BCUT2D eigenvalue weighted by Gasteiger charge is -2.28. The molecule has 0 spiro atoms. The monoisotopic (exact) mass is 196 g/mol. The second-order valence-corrected chi connectivity index (χ2v) is 4.19. The number of hydrogen-bond acceptors (Lipinski definition) is 2. The van der Waals surface area contributed by atoms with Crippen LogP contribution >= 0.6 is 0 Å². The highest BCUT2D eigenvalue weighted by molar-refractivity contribution is 5.74. The summed E-state index contributed by atoms with van der Waals surface area (Å²) in [6.07, 6.45) is 3.68. The van der Waals surface area contributed by atoms with Crippen molar-refractivity contribution in [1.82, 2.24) is 0 Å². The third-order valence-electron chi connectivity index (χ3n) is 2.91. The molecule has 0 aliphatic carbocycles. The van der Waals surface area contributed by atoms with Crippen LogP contribution in [0.5, 0.6) is 0 Å². The van der Waals surface area contributed by atoms with Gasteiger partial charge in [0, 0.05) is 0 Å². The van der Waals surface area contributed by atoms with Crippen molar-refractivity contribution in [2.75, 3.05) is 0 Å². The van der Waals surface area contributed by atoms with E-state index in [-0.39, 0.29) is 5.92 Å². The Hall–Kier alpha value is -1.25. The van der Waals surface area contributed by atoms with Crippen molar-refractivity contribution in [2.24, 2.45) is 11.3 Å². The van der Waals surface area contributed by atoms with Gasteiger partial charge in [0.25, 0.3) is 0 Å². The molecule has 0 aromatic carbocycles. The topological polar surface area (TPSA) is 50.4 Å². The minimum absolute atomic E-state index is 0.0925. The van der Waals surface area contributed by atoms with E-state index in [0.29, 0.717) is 6.42 Å². The Balaban J connectivity index is 2.85. The molecule has 0 bridgehead atoms. The van der Waals surface area contributed by atoms with E-state index in [1.54, 1.807) is 19.5 Å². The smallest absolute Gasteiger partial charge is 0.309 e. The summed E-state index contributed by atoms with van der Waals surface area (Å²) in [7, 11) is 0. The Morgan fingerprint density at radius 2 is 2.29 bits per heavy atom. The van der Waals surface area contributed by atoms with Crippen molar-refractivity contribution in [2.45, 2.75) is 27.2 Å². The summed E-state index contributed by atoms with van der Waals surface area (Å²) < 4.78 is 4.93. The molecule has 1 atom stereocenters. The van der Waals surface area contributed by atoms with E-state index in [1.165, 1.54) is 0 Å². The van der Waals surface area contributed by atoms with E-state index < -0.39 is 11.4 Å². The molecule has 1 aromatic rings. The molecule has 0 saturated carbocycles. The van der Waals surface area contributed by atoms with Gasteiger partial charge < -0.3 is 9.52 Å². The van der Waals surface area contributed by atoms with E-state index in [9.17, 15) is 9.90 Å². The van der Waals surface area contributed by atoms with Crippen molar-refractivity contribution in [3.8, 4) is 0 Å². The molecule has 78 valence electrons. The molecule has 0 fully saturated rings. The number of carboxylic acid groups (broad SMARTS) is 1. The van der Waals surface area contributed by atoms with Crippen LogP contribution in [0.3, 0.4) is 0 Å². The lowest BCUT2D eigenvalue weighted by Crippen LogP contribution is -2.35. The molecule has 3 nitrogen and oxygen atoms in total.